The van der Waals surface area contributed by atoms with Crippen molar-refractivity contribution in [1.29, 1.82) is 0 Å². The van der Waals surface area contributed by atoms with Crippen LogP contribution in [0.4, 0.5) is 4.79 Å². The minimum Gasteiger partial charge on any atom is -0.465 e. The number of aryl methyl sites for hydroxylation is 1. The Bertz CT molecular complexity index is 464. The highest BCUT2D eigenvalue weighted by Crippen LogP contribution is 2.40. The first-order valence-electron chi connectivity index (χ1n) is 6.73. The molecule has 1 aromatic heterocycles. The van der Waals surface area contributed by atoms with Gasteiger partial charge < -0.3 is 10.0 Å². The molecule has 106 valence electrons. The van der Waals surface area contributed by atoms with E-state index in [4.69, 9.17) is 0 Å². The SMILES string of the molecule is Cc1csc([C@H]2CC[C@H](N(C(=O)O)C(C)(C)C)C2)n1. The summed E-state index contributed by atoms with van der Waals surface area (Å²) in [5.74, 6) is 0.424. The van der Waals surface area contributed by atoms with E-state index in [-0.39, 0.29) is 11.6 Å². The number of carboxylic acid groups (broad SMARTS) is 1. The van der Waals surface area contributed by atoms with E-state index in [0.29, 0.717) is 5.92 Å². The van der Waals surface area contributed by atoms with Crippen molar-refractivity contribution in [3.8, 4) is 0 Å². The zero-order valence-electron chi connectivity index (χ0n) is 12.0. The quantitative estimate of drug-likeness (QED) is 0.896. The monoisotopic (exact) mass is 282 g/mol. The highest BCUT2D eigenvalue weighted by atomic mass is 32.1. The van der Waals surface area contributed by atoms with Crippen LogP contribution >= 0.6 is 11.3 Å². The fourth-order valence-corrected chi connectivity index (χ4v) is 3.91. The minimum absolute atomic E-state index is 0.117. The molecule has 1 aromatic rings. The molecule has 19 heavy (non-hydrogen) atoms. The molecule has 0 saturated heterocycles. The van der Waals surface area contributed by atoms with E-state index in [0.717, 1.165) is 25.0 Å². The third kappa shape index (κ3) is 3.08. The number of aromatic nitrogens is 1. The summed E-state index contributed by atoms with van der Waals surface area (Å²) in [5.41, 5.74) is 0.721. The predicted octanol–water partition coefficient (Wildman–Crippen LogP) is 3.87. The molecule has 1 aliphatic carbocycles. The molecule has 0 spiro atoms. The van der Waals surface area contributed by atoms with Gasteiger partial charge in [-0.2, -0.15) is 0 Å². The van der Waals surface area contributed by atoms with Gasteiger partial charge in [-0.25, -0.2) is 9.78 Å². The lowest BCUT2D eigenvalue weighted by atomic mass is 10.0. The lowest BCUT2D eigenvalue weighted by Crippen LogP contribution is -2.50. The molecule has 2 rings (SSSR count). The van der Waals surface area contributed by atoms with E-state index < -0.39 is 6.09 Å². The molecule has 0 radical (unpaired) electrons. The molecular weight excluding hydrogens is 260 g/mol. The van der Waals surface area contributed by atoms with E-state index >= 15 is 0 Å². The van der Waals surface area contributed by atoms with E-state index in [1.54, 1.807) is 16.2 Å². The number of thiazole rings is 1. The molecule has 1 amide bonds. The standard InChI is InChI=1S/C14H22N2O2S/c1-9-8-19-12(15-9)10-5-6-11(7-10)16(13(17)18)14(2,3)4/h8,10-11H,5-7H2,1-4H3,(H,17,18)/t10-,11-/m0/s1. The summed E-state index contributed by atoms with van der Waals surface area (Å²) in [6.45, 7) is 7.89. The maximum atomic E-state index is 11.5. The number of amides is 1. The van der Waals surface area contributed by atoms with Crippen molar-refractivity contribution in [1.82, 2.24) is 9.88 Å². The molecule has 0 unspecified atom stereocenters. The molecule has 0 aromatic carbocycles. The van der Waals surface area contributed by atoms with Crippen LogP contribution in [-0.2, 0) is 0 Å². The fourth-order valence-electron chi connectivity index (χ4n) is 2.97. The first-order chi connectivity index (χ1) is 8.79. The van der Waals surface area contributed by atoms with Crippen molar-refractivity contribution < 1.29 is 9.90 Å². The summed E-state index contributed by atoms with van der Waals surface area (Å²) in [6.07, 6.45) is 2.06. The van der Waals surface area contributed by atoms with Gasteiger partial charge in [0.05, 0.1) is 5.01 Å². The van der Waals surface area contributed by atoms with Gasteiger partial charge in [0.25, 0.3) is 0 Å². The van der Waals surface area contributed by atoms with Gasteiger partial charge in [-0.1, -0.05) is 0 Å². The van der Waals surface area contributed by atoms with Crippen LogP contribution in [0.5, 0.6) is 0 Å². The van der Waals surface area contributed by atoms with Gasteiger partial charge in [-0.3, -0.25) is 0 Å². The molecule has 1 heterocycles. The molecule has 1 aliphatic rings. The zero-order chi connectivity index (χ0) is 14.2. The van der Waals surface area contributed by atoms with Crippen molar-refractivity contribution >= 4 is 17.4 Å². The van der Waals surface area contributed by atoms with Crippen LogP contribution in [-0.4, -0.2) is 32.7 Å². The molecule has 1 saturated carbocycles. The Labute approximate surface area is 118 Å². The molecule has 2 atom stereocenters. The van der Waals surface area contributed by atoms with Gasteiger partial charge in [-0.05, 0) is 47.0 Å². The Morgan fingerprint density at radius 3 is 2.63 bits per heavy atom. The lowest BCUT2D eigenvalue weighted by Gasteiger charge is -2.38. The Morgan fingerprint density at radius 2 is 2.16 bits per heavy atom. The summed E-state index contributed by atoms with van der Waals surface area (Å²) < 4.78 is 0. The van der Waals surface area contributed by atoms with E-state index in [1.807, 2.05) is 27.7 Å². The van der Waals surface area contributed by atoms with E-state index in [2.05, 4.69) is 10.4 Å². The Hall–Kier alpha value is -1.10. The largest absolute Gasteiger partial charge is 0.465 e. The van der Waals surface area contributed by atoms with Gasteiger partial charge in [0.15, 0.2) is 0 Å². The highest BCUT2D eigenvalue weighted by molar-refractivity contribution is 7.09. The summed E-state index contributed by atoms with van der Waals surface area (Å²) in [4.78, 5) is 17.7. The second-order valence-electron chi connectivity index (χ2n) is 6.31. The van der Waals surface area contributed by atoms with E-state index in [9.17, 15) is 9.90 Å². The normalized spacial score (nSPS) is 23.6. The lowest BCUT2D eigenvalue weighted by molar-refractivity contribution is 0.0716. The number of rotatable bonds is 2. The van der Waals surface area contributed by atoms with Gasteiger partial charge in [0.1, 0.15) is 0 Å². The topological polar surface area (TPSA) is 53.4 Å². The Kier molecular flexibility index (Phi) is 3.85. The highest BCUT2D eigenvalue weighted by Gasteiger charge is 2.38. The smallest absolute Gasteiger partial charge is 0.407 e. The molecule has 4 nitrogen and oxygen atoms in total. The predicted molar refractivity (Wildman–Crippen MR) is 76.8 cm³/mol. The number of hydrogen-bond donors (Lipinski definition) is 1. The van der Waals surface area contributed by atoms with Crippen molar-refractivity contribution in [3.05, 3.63) is 16.1 Å². The maximum Gasteiger partial charge on any atom is 0.407 e. The summed E-state index contributed by atoms with van der Waals surface area (Å²) >= 11 is 1.70. The zero-order valence-corrected chi connectivity index (χ0v) is 12.8. The van der Waals surface area contributed by atoms with Crippen LogP contribution in [0.1, 0.15) is 56.7 Å². The van der Waals surface area contributed by atoms with Crippen LogP contribution in [0.3, 0.4) is 0 Å². The van der Waals surface area contributed by atoms with Crippen LogP contribution in [0.15, 0.2) is 5.38 Å². The minimum atomic E-state index is -0.812. The average Bonchev–Trinajstić information content (AvgIpc) is 2.84. The number of nitrogens with zero attached hydrogens (tertiary/aromatic N) is 2. The van der Waals surface area contributed by atoms with Crippen molar-refractivity contribution in [3.63, 3.8) is 0 Å². The van der Waals surface area contributed by atoms with Crippen LogP contribution in [0.25, 0.3) is 0 Å². The second kappa shape index (κ2) is 5.12. The van der Waals surface area contributed by atoms with Crippen molar-refractivity contribution in [2.24, 2.45) is 0 Å². The van der Waals surface area contributed by atoms with Crippen LogP contribution < -0.4 is 0 Å². The molecular formula is C14H22N2O2S. The summed E-state index contributed by atoms with van der Waals surface area (Å²) in [7, 11) is 0. The van der Waals surface area contributed by atoms with Gasteiger partial charge in [0.2, 0.25) is 0 Å². The van der Waals surface area contributed by atoms with Crippen molar-refractivity contribution in [2.75, 3.05) is 0 Å². The first kappa shape index (κ1) is 14.3. The fraction of sp³-hybridized carbons (Fsp3) is 0.714. The second-order valence-corrected chi connectivity index (χ2v) is 7.20. The third-order valence-corrected chi connectivity index (χ3v) is 4.81. The van der Waals surface area contributed by atoms with Gasteiger partial charge in [-0.15, -0.1) is 11.3 Å². The molecule has 0 aliphatic heterocycles. The maximum absolute atomic E-state index is 11.5. The summed E-state index contributed by atoms with van der Waals surface area (Å²) in [5, 5.41) is 12.7. The van der Waals surface area contributed by atoms with Gasteiger partial charge in [0, 0.05) is 28.6 Å². The van der Waals surface area contributed by atoms with Crippen LogP contribution in [0.2, 0.25) is 0 Å². The number of hydrogen-bond acceptors (Lipinski definition) is 3. The average molecular weight is 282 g/mol. The molecule has 1 fully saturated rings. The van der Waals surface area contributed by atoms with Crippen molar-refractivity contribution in [2.45, 2.75) is 64.5 Å². The molecule has 5 heteroatoms. The molecule has 1 N–H and O–H groups in total. The van der Waals surface area contributed by atoms with Crippen LogP contribution in [0, 0.1) is 6.92 Å². The van der Waals surface area contributed by atoms with Gasteiger partial charge >= 0.3 is 6.09 Å². The molecule has 0 bridgehead atoms. The summed E-state index contributed by atoms with van der Waals surface area (Å²) in [6, 6.07) is 0.117. The first-order valence-corrected chi connectivity index (χ1v) is 7.61. The van der Waals surface area contributed by atoms with E-state index in [1.165, 1.54) is 5.01 Å². The Morgan fingerprint density at radius 1 is 1.47 bits per heavy atom. The Balaban J connectivity index is 2.10. The number of carbonyl (C=O) groups is 1. The third-order valence-electron chi connectivity index (χ3n) is 3.68.